The maximum atomic E-state index is 13.1. The molecule has 36 heavy (non-hydrogen) atoms. The summed E-state index contributed by atoms with van der Waals surface area (Å²) in [6.45, 7) is 1.98. The van der Waals surface area contributed by atoms with Crippen LogP contribution in [0.5, 0.6) is 0 Å². The summed E-state index contributed by atoms with van der Waals surface area (Å²) < 4.78 is 0. The first-order chi connectivity index (χ1) is 17.6. The van der Waals surface area contributed by atoms with Crippen LogP contribution in [0.25, 0.3) is 0 Å². The third-order valence-electron chi connectivity index (χ3n) is 7.09. The van der Waals surface area contributed by atoms with E-state index in [4.69, 9.17) is 0 Å². The van der Waals surface area contributed by atoms with Crippen LogP contribution in [-0.2, 0) is 22.4 Å². The minimum absolute atomic E-state index is 0.0703. The van der Waals surface area contributed by atoms with Gasteiger partial charge >= 0.3 is 0 Å². The molecule has 0 saturated carbocycles. The van der Waals surface area contributed by atoms with Crippen molar-refractivity contribution in [1.82, 2.24) is 15.3 Å². The van der Waals surface area contributed by atoms with Crippen LogP contribution in [-0.4, -0.2) is 41.4 Å². The molecule has 2 aliphatic heterocycles. The second kappa shape index (κ2) is 10.8. The zero-order chi connectivity index (χ0) is 24.9. The Morgan fingerprint density at radius 2 is 1.64 bits per heavy atom. The van der Waals surface area contributed by atoms with Crippen LogP contribution >= 0.6 is 0 Å². The normalized spacial score (nSPS) is 17.8. The molecule has 0 radical (unpaired) electrons. The number of hydrogen-bond acceptors (Lipinski definition) is 5. The number of amides is 2. The van der Waals surface area contributed by atoms with Crippen molar-refractivity contribution in [2.24, 2.45) is 5.92 Å². The summed E-state index contributed by atoms with van der Waals surface area (Å²) in [5.41, 5.74) is 2.31. The molecule has 0 unspecified atom stereocenters. The Hall–Kier alpha value is -3.94. The average Bonchev–Trinajstić information content (AvgIpc) is 2.89. The Morgan fingerprint density at radius 3 is 2.33 bits per heavy atom. The van der Waals surface area contributed by atoms with E-state index in [0.29, 0.717) is 24.8 Å². The van der Waals surface area contributed by atoms with Gasteiger partial charge in [-0.1, -0.05) is 60.7 Å². The number of nitrogens with zero attached hydrogens (tertiary/aromatic N) is 2. The molecule has 0 bridgehead atoms. The maximum Gasteiger partial charge on any atom is 0.258 e. The zero-order valence-corrected chi connectivity index (χ0v) is 20.2. The van der Waals surface area contributed by atoms with E-state index in [1.807, 2.05) is 36.4 Å². The molecule has 3 aromatic rings. The molecule has 3 N–H and O–H groups in total. The van der Waals surface area contributed by atoms with Gasteiger partial charge in [0.15, 0.2) is 0 Å². The average molecular weight is 486 g/mol. The van der Waals surface area contributed by atoms with E-state index < -0.39 is 5.92 Å². The van der Waals surface area contributed by atoms with Crippen molar-refractivity contribution in [1.29, 1.82) is 0 Å². The van der Waals surface area contributed by atoms with Crippen molar-refractivity contribution in [2.75, 3.05) is 29.9 Å². The van der Waals surface area contributed by atoms with E-state index in [9.17, 15) is 14.4 Å². The van der Waals surface area contributed by atoms with Crippen LogP contribution in [0.2, 0.25) is 0 Å². The predicted octanol–water partition coefficient (Wildman–Crippen LogP) is 3.01. The highest BCUT2D eigenvalue weighted by Gasteiger charge is 2.35. The Balaban J connectivity index is 1.25. The lowest BCUT2D eigenvalue weighted by molar-refractivity contribution is -0.126. The predicted molar refractivity (Wildman–Crippen MR) is 139 cm³/mol. The summed E-state index contributed by atoms with van der Waals surface area (Å²) in [7, 11) is 0. The second-order valence-electron chi connectivity index (χ2n) is 9.60. The van der Waals surface area contributed by atoms with Crippen molar-refractivity contribution in [3.8, 4) is 0 Å². The SMILES string of the molecule is O=C1C[C@H](C(=O)NCCc2ccccc2)c2c(nc(N3CCC(Cc4ccccc4)CC3)[nH]c2=O)N1. The number of H-pyrrole nitrogens is 1. The zero-order valence-electron chi connectivity index (χ0n) is 20.2. The van der Waals surface area contributed by atoms with Gasteiger partial charge in [-0.3, -0.25) is 19.4 Å². The van der Waals surface area contributed by atoms with Crippen molar-refractivity contribution < 1.29 is 9.59 Å². The molecular weight excluding hydrogens is 454 g/mol. The Morgan fingerprint density at radius 1 is 0.972 bits per heavy atom. The summed E-state index contributed by atoms with van der Waals surface area (Å²) in [5, 5.41) is 5.59. The number of carbonyl (C=O) groups is 2. The third-order valence-corrected chi connectivity index (χ3v) is 7.09. The van der Waals surface area contributed by atoms with Crippen molar-refractivity contribution >= 4 is 23.6 Å². The molecule has 1 aromatic heterocycles. The quantitative estimate of drug-likeness (QED) is 0.477. The molecule has 5 rings (SSSR count). The summed E-state index contributed by atoms with van der Waals surface area (Å²) >= 11 is 0. The van der Waals surface area contributed by atoms with Gasteiger partial charge in [0.05, 0.1) is 11.5 Å². The highest BCUT2D eigenvalue weighted by molar-refractivity contribution is 6.00. The molecule has 8 heteroatoms. The number of benzene rings is 2. The van der Waals surface area contributed by atoms with Gasteiger partial charge < -0.3 is 15.5 Å². The third kappa shape index (κ3) is 5.48. The van der Waals surface area contributed by atoms with Crippen LogP contribution in [0, 0.1) is 5.92 Å². The molecule has 1 atom stereocenters. The number of anilines is 2. The van der Waals surface area contributed by atoms with E-state index in [2.05, 4.69) is 49.8 Å². The Kier molecular flexibility index (Phi) is 7.11. The molecular formula is C28H31N5O3. The summed E-state index contributed by atoms with van der Waals surface area (Å²) in [4.78, 5) is 47.9. The maximum absolute atomic E-state index is 13.1. The lowest BCUT2D eigenvalue weighted by Crippen LogP contribution is -2.41. The first kappa shape index (κ1) is 23.8. The number of aromatic amines is 1. The van der Waals surface area contributed by atoms with Crippen LogP contribution in [0.4, 0.5) is 11.8 Å². The second-order valence-corrected chi connectivity index (χ2v) is 9.60. The molecule has 186 valence electrons. The number of fused-ring (bicyclic) bond motifs is 1. The van der Waals surface area contributed by atoms with E-state index in [1.165, 1.54) is 5.56 Å². The lowest BCUT2D eigenvalue weighted by atomic mass is 9.90. The lowest BCUT2D eigenvalue weighted by Gasteiger charge is -2.33. The van der Waals surface area contributed by atoms with Crippen molar-refractivity contribution in [3.63, 3.8) is 0 Å². The van der Waals surface area contributed by atoms with Crippen LogP contribution in [0.15, 0.2) is 65.5 Å². The van der Waals surface area contributed by atoms with Crippen LogP contribution in [0.3, 0.4) is 0 Å². The Bertz CT molecular complexity index is 1270. The highest BCUT2D eigenvalue weighted by Crippen LogP contribution is 2.30. The number of piperidine rings is 1. The van der Waals surface area contributed by atoms with Gasteiger partial charge in [0, 0.05) is 26.1 Å². The van der Waals surface area contributed by atoms with Gasteiger partial charge in [0.2, 0.25) is 17.8 Å². The van der Waals surface area contributed by atoms with E-state index in [1.54, 1.807) is 0 Å². The molecule has 2 aromatic carbocycles. The Labute approximate surface area is 210 Å². The first-order valence-corrected chi connectivity index (χ1v) is 12.6. The molecule has 2 amide bonds. The fraction of sp³-hybridized carbons (Fsp3) is 0.357. The van der Waals surface area contributed by atoms with Crippen LogP contribution in [0.1, 0.15) is 41.9 Å². The number of rotatable bonds is 7. The van der Waals surface area contributed by atoms with Gasteiger partial charge in [-0.15, -0.1) is 0 Å². The number of aromatic nitrogens is 2. The molecule has 8 nitrogen and oxygen atoms in total. The summed E-state index contributed by atoms with van der Waals surface area (Å²) in [6, 6.07) is 20.3. The number of nitrogens with one attached hydrogen (secondary N) is 3. The van der Waals surface area contributed by atoms with Gasteiger partial charge in [-0.2, -0.15) is 4.98 Å². The number of carbonyl (C=O) groups excluding carboxylic acids is 2. The van der Waals surface area contributed by atoms with Gasteiger partial charge in [-0.05, 0) is 42.7 Å². The van der Waals surface area contributed by atoms with Crippen molar-refractivity contribution in [3.05, 3.63) is 87.7 Å². The van der Waals surface area contributed by atoms with Gasteiger partial charge in [-0.25, -0.2) is 0 Å². The first-order valence-electron chi connectivity index (χ1n) is 12.6. The standard InChI is InChI=1S/C28H31N5O3/c34-23-18-22(26(35)29-14-11-19-7-3-1-4-8-19)24-25(30-23)31-28(32-27(24)36)33-15-12-21(13-16-33)17-20-9-5-2-6-10-20/h1-10,21-22H,11-18H2,(H,29,35)(H2,30,31,32,34,36)/t22-/m0/s1. The van der Waals surface area contributed by atoms with Gasteiger partial charge in [0.1, 0.15) is 5.82 Å². The fourth-order valence-corrected chi connectivity index (χ4v) is 5.13. The summed E-state index contributed by atoms with van der Waals surface area (Å²) in [5.74, 6) is -0.273. The van der Waals surface area contributed by atoms with Crippen molar-refractivity contribution in [2.45, 2.75) is 38.0 Å². The van der Waals surface area contributed by atoms with E-state index in [0.717, 1.165) is 37.9 Å². The summed E-state index contributed by atoms with van der Waals surface area (Å²) in [6.07, 6.45) is 3.63. The smallest absolute Gasteiger partial charge is 0.258 e. The minimum Gasteiger partial charge on any atom is -0.355 e. The van der Waals surface area contributed by atoms with E-state index in [-0.39, 0.29) is 35.2 Å². The molecule has 3 heterocycles. The highest BCUT2D eigenvalue weighted by atomic mass is 16.2. The topological polar surface area (TPSA) is 107 Å². The number of hydrogen-bond donors (Lipinski definition) is 3. The largest absolute Gasteiger partial charge is 0.355 e. The molecule has 1 fully saturated rings. The molecule has 1 saturated heterocycles. The molecule has 0 aliphatic carbocycles. The van der Waals surface area contributed by atoms with Crippen LogP contribution < -0.4 is 21.1 Å². The molecule has 0 spiro atoms. The minimum atomic E-state index is -0.855. The monoisotopic (exact) mass is 485 g/mol. The molecule has 2 aliphatic rings. The van der Waals surface area contributed by atoms with Gasteiger partial charge in [0.25, 0.3) is 5.56 Å². The fourth-order valence-electron chi connectivity index (χ4n) is 5.13. The van der Waals surface area contributed by atoms with E-state index >= 15 is 0 Å².